The van der Waals surface area contributed by atoms with E-state index in [4.69, 9.17) is 0 Å². The molecule has 0 aliphatic heterocycles. The highest BCUT2D eigenvalue weighted by Gasteiger charge is 2.11. The number of allylic oxidation sites excluding steroid dienone is 1. The number of aromatic nitrogens is 4. The van der Waals surface area contributed by atoms with Crippen molar-refractivity contribution < 1.29 is 9.59 Å². The van der Waals surface area contributed by atoms with E-state index in [1.807, 2.05) is 18.2 Å². The van der Waals surface area contributed by atoms with Gasteiger partial charge in [0.05, 0.1) is 24.5 Å². The highest BCUT2D eigenvalue weighted by atomic mass is 79.9. The second-order valence-electron chi connectivity index (χ2n) is 4.53. The summed E-state index contributed by atoms with van der Waals surface area (Å²) in [4.78, 5) is 23.7. The number of amides is 2. The molecule has 2 amide bonds. The Morgan fingerprint density at radius 3 is 2.88 bits per heavy atom. The average molecular weight is 411 g/mol. The highest BCUT2D eigenvalue weighted by Crippen LogP contribution is 2.20. The number of benzene rings is 1. The maximum absolute atomic E-state index is 11.8. The molecule has 0 spiro atoms. The van der Waals surface area contributed by atoms with E-state index >= 15 is 0 Å². The lowest BCUT2D eigenvalue weighted by Crippen LogP contribution is -2.34. The zero-order valence-electron chi connectivity index (χ0n) is 12.6. The van der Waals surface area contributed by atoms with E-state index in [-0.39, 0.29) is 24.1 Å². The molecule has 8 nitrogen and oxygen atoms in total. The number of halogens is 1. The minimum absolute atomic E-state index is 0.111. The number of hydrogen-bond donors (Lipinski definition) is 2. The van der Waals surface area contributed by atoms with Gasteiger partial charge in [-0.1, -0.05) is 30.0 Å². The smallest absolute Gasteiger partial charge is 0.243 e. The number of rotatable bonds is 8. The van der Waals surface area contributed by atoms with E-state index in [1.165, 1.54) is 16.4 Å². The molecule has 126 valence electrons. The predicted octanol–water partition coefficient (Wildman–Crippen LogP) is 1.47. The molecule has 0 aliphatic rings. The van der Waals surface area contributed by atoms with Crippen molar-refractivity contribution in [3.8, 4) is 0 Å². The number of thioether (sulfide) groups is 1. The highest BCUT2D eigenvalue weighted by molar-refractivity contribution is 9.10. The van der Waals surface area contributed by atoms with Crippen LogP contribution in [0.4, 0.5) is 5.69 Å². The number of nitrogens with zero attached hydrogens (tertiary/aromatic N) is 4. The quantitative estimate of drug-likeness (QED) is 0.504. The van der Waals surface area contributed by atoms with E-state index < -0.39 is 0 Å². The van der Waals surface area contributed by atoms with Crippen LogP contribution >= 0.6 is 27.7 Å². The van der Waals surface area contributed by atoms with Crippen molar-refractivity contribution in [2.45, 2.75) is 11.7 Å². The number of carbonyl (C=O) groups is 2. The van der Waals surface area contributed by atoms with Crippen LogP contribution in [0.2, 0.25) is 0 Å². The first-order chi connectivity index (χ1) is 11.6. The van der Waals surface area contributed by atoms with E-state index in [1.54, 1.807) is 12.1 Å². The molecule has 0 saturated heterocycles. The summed E-state index contributed by atoms with van der Waals surface area (Å²) >= 11 is 4.53. The maximum Gasteiger partial charge on any atom is 0.243 e. The molecule has 24 heavy (non-hydrogen) atoms. The van der Waals surface area contributed by atoms with Crippen LogP contribution in [0.5, 0.6) is 0 Å². The van der Waals surface area contributed by atoms with Crippen LogP contribution in [0.1, 0.15) is 0 Å². The van der Waals surface area contributed by atoms with Gasteiger partial charge < -0.3 is 10.6 Å². The minimum Gasteiger partial charge on any atom is -0.346 e. The number of anilines is 1. The Morgan fingerprint density at radius 2 is 2.12 bits per heavy atom. The molecule has 0 atom stereocenters. The molecule has 0 saturated carbocycles. The molecule has 0 fully saturated rings. The number of carbonyl (C=O) groups excluding carboxylic acids is 2. The van der Waals surface area contributed by atoms with Crippen molar-refractivity contribution in [1.29, 1.82) is 0 Å². The fourth-order valence-electron chi connectivity index (χ4n) is 1.65. The number of tetrazole rings is 1. The Bertz CT molecular complexity index is 736. The van der Waals surface area contributed by atoms with Crippen LogP contribution in [-0.2, 0) is 16.1 Å². The van der Waals surface area contributed by atoms with E-state index in [0.29, 0.717) is 17.4 Å². The molecule has 2 rings (SSSR count). The van der Waals surface area contributed by atoms with Gasteiger partial charge in [0.25, 0.3) is 0 Å². The average Bonchev–Trinajstić information content (AvgIpc) is 3.01. The van der Waals surface area contributed by atoms with Crippen molar-refractivity contribution in [3.05, 3.63) is 41.4 Å². The number of nitrogens with one attached hydrogen (secondary N) is 2. The third kappa shape index (κ3) is 5.46. The molecule has 1 aromatic heterocycles. The molecule has 1 aromatic carbocycles. The van der Waals surface area contributed by atoms with Crippen molar-refractivity contribution in [2.75, 3.05) is 17.6 Å². The number of hydrogen-bond acceptors (Lipinski definition) is 6. The summed E-state index contributed by atoms with van der Waals surface area (Å²) in [5, 5.41) is 16.9. The fourth-order valence-corrected chi connectivity index (χ4v) is 2.75. The van der Waals surface area contributed by atoms with Gasteiger partial charge in [-0.3, -0.25) is 9.59 Å². The summed E-state index contributed by atoms with van der Waals surface area (Å²) in [6.07, 6.45) is 1.66. The molecule has 0 bridgehead atoms. The lowest BCUT2D eigenvalue weighted by atomic mass is 10.3. The molecule has 2 aromatic rings. The molecular formula is C14H15BrN6O2S. The molecule has 0 aliphatic carbocycles. The Morgan fingerprint density at radius 1 is 1.33 bits per heavy atom. The van der Waals surface area contributed by atoms with Gasteiger partial charge in [0.1, 0.15) is 0 Å². The monoisotopic (exact) mass is 410 g/mol. The summed E-state index contributed by atoms with van der Waals surface area (Å²) in [6.45, 7) is 3.96. The molecular weight excluding hydrogens is 396 g/mol. The van der Waals surface area contributed by atoms with Crippen LogP contribution in [0.15, 0.2) is 46.5 Å². The zero-order chi connectivity index (χ0) is 17.4. The number of para-hydroxylation sites is 1. The standard InChI is InChI=1S/C14H15BrN6O2S/c1-2-7-21-14(18-19-20-21)24-9-13(23)16-8-12(22)17-11-6-4-3-5-10(11)15/h2-6H,1,7-9H2,(H,16,23)(H,17,22). The lowest BCUT2D eigenvalue weighted by molar-refractivity contribution is -0.122. The third-order valence-corrected chi connectivity index (χ3v) is 4.38. The van der Waals surface area contributed by atoms with E-state index in [2.05, 4.69) is 48.7 Å². The second kappa shape index (κ2) is 9.18. The summed E-state index contributed by atoms with van der Waals surface area (Å²) in [5.74, 6) is -0.480. The van der Waals surface area contributed by atoms with Gasteiger partial charge in [-0.05, 0) is 38.5 Å². The van der Waals surface area contributed by atoms with Crippen molar-refractivity contribution in [3.63, 3.8) is 0 Å². The van der Waals surface area contributed by atoms with Crippen LogP contribution < -0.4 is 10.6 Å². The summed E-state index contributed by atoms with van der Waals surface area (Å²) in [6, 6.07) is 7.24. The van der Waals surface area contributed by atoms with Crippen molar-refractivity contribution >= 4 is 45.2 Å². The fraction of sp³-hybridized carbons (Fsp3) is 0.214. The summed E-state index contributed by atoms with van der Waals surface area (Å²) in [7, 11) is 0. The third-order valence-electron chi connectivity index (χ3n) is 2.73. The largest absolute Gasteiger partial charge is 0.346 e. The summed E-state index contributed by atoms with van der Waals surface area (Å²) in [5.41, 5.74) is 0.648. The SMILES string of the molecule is C=CCn1nnnc1SCC(=O)NCC(=O)Nc1ccccc1Br. The minimum atomic E-state index is -0.309. The molecule has 2 N–H and O–H groups in total. The van der Waals surface area contributed by atoms with Gasteiger partial charge in [-0.15, -0.1) is 11.7 Å². The molecule has 0 unspecified atom stereocenters. The second-order valence-corrected chi connectivity index (χ2v) is 6.32. The maximum atomic E-state index is 11.8. The predicted molar refractivity (Wildman–Crippen MR) is 94.5 cm³/mol. The van der Waals surface area contributed by atoms with Gasteiger partial charge in [-0.25, -0.2) is 4.68 Å². The van der Waals surface area contributed by atoms with Crippen LogP contribution in [0.25, 0.3) is 0 Å². The molecule has 10 heteroatoms. The van der Waals surface area contributed by atoms with Gasteiger partial charge in [0.15, 0.2) is 0 Å². The van der Waals surface area contributed by atoms with E-state index in [0.717, 1.165) is 4.47 Å². The zero-order valence-corrected chi connectivity index (χ0v) is 15.0. The normalized spacial score (nSPS) is 10.2. The van der Waals surface area contributed by atoms with E-state index in [9.17, 15) is 9.59 Å². The van der Waals surface area contributed by atoms with Crippen molar-refractivity contribution in [1.82, 2.24) is 25.5 Å². The Kier molecular flexibility index (Phi) is 6.94. The first-order valence-corrected chi connectivity index (χ1v) is 8.69. The van der Waals surface area contributed by atoms with Crippen LogP contribution in [0, 0.1) is 0 Å². The first-order valence-electron chi connectivity index (χ1n) is 6.91. The Labute approximate surface area is 151 Å². The summed E-state index contributed by atoms with van der Waals surface area (Å²) < 4.78 is 2.30. The molecule has 0 radical (unpaired) electrons. The van der Waals surface area contributed by atoms with Crippen LogP contribution in [-0.4, -0.2) is 44.3 Å². The first kappa shape index (κ1) is 18.1. The molecule has 1 heterocycles. The van der Waals surface area contributed by atoms with Crippen molar-refractivity contribution in [2.24, 2.45) is 0 Å². The van der Waals surface area contributed by atoms with Gasteiger partial charge >= 0.3 is 0 Å². The lowest BCUT2D eigenvalue weighted by Gasteiger charge is -2.08. The van der Waals surface area contributed by atoms with Gasteiger partial charge in [-0.2, -0.15) is 0 Å². The topological polar surface area (TPSA) is 102 Å². The van der Waals surface area contributed by atoms with Gasteiger partial charge in [0.2, 0.25) is 17.0 Å². The van der Waals surface area contributed by atoms with Gasteiger partial charge in [0, 0.05) is 4.47 Å². The Hall–Kier alpha value is -2.20. The van der Waals surface area contributed by atoms with Crippen LogP contribution in [0.3, 0.4) is 0 Å². The Balaban J connectivity index is 1.74.